The van der Waals surface area contributed by atoms with E-state index in [-0.39, 0.29) is 22.8 Å². The van der Waals surface area contributed by atoms with E-state index in [9.17, 15) is 9.59 Å². The SMILES string of the molecule is Cc1ccc(NC(=O)CS[C@H](C)C(=O)N2CCN(Cc3ccncc3)CC2)cc1. The van der Waals surface area contributed by atoms with E-state index in [1.807, 2.05) is 67.5 Å². The summed E-state index contributed by atoms with van der Waals surface area (Å²) in [6, 6.07) is 11.7. The van der Waals surface area contributed by atoms with Crippen molar-refractivity contribution in [3.8, 4) is 0 Å². The van der Waals surface area contributed by atoms with Gasteiger partial charge < -0.3 is 10.2 Å². The summed E-state index contributed by atoms with van der Waals surface area (Å²) in [5.74, 6) is 0.297. The second-order valence-electron chi connectivity index (χ2n) is 7.32. The number of carbonyl (C=O) groups excluding carboxylic acids is 2. The highest BCUT2D eigenvalue weighted by molar-refractivity contribution is 8.01. The Morgan fingerprint density at radius 2 is 1.72 bits per heavy atom. The third kappa shape index (κ3) is 6.58. The lowest BCUT2D eigenvalue weighted by atomic mass is 10.2. The smallest absolute Gasteiger partial charge is 0.235 e. The van der Waals surface area contributed by atoms with Gasteiger partial charge >= 0.3 is 0 Å². The molecule has 1 atom stereocenters. The molecule has 0 bridgehead atoms. The second-order valence-corrected chi connectivity index (χ2v) is 8.65. The van der Waals surface area contributed by atoms with Gasteiger partial charge in [0.1, 0.15) is 0 Å². The molecule has 0 aliphatic carbocycles. The van der Waals surface area contributed by atoms with Crippen molar-refractivity contribution in [2.24, 2.45) is 0 Å². The van der Waals surface area contributed by atoms with E-state index in [0.29, 0.717) is 0 Å². The molecule has 1 saturated heterocycles. The van der Waals surface area contributed by atoms with E-state index >= 15 is 0 Å². The summed E-state index contributed by atoms with van der Waals surface area (Å²) in [4.78, 5) is 33.2. The number of amides is 2. The maximum absolute atomic E-state index is 12.7. The van der Waals surface area contributed by atoms with E-state index in [2.05, 4.69) is 15.2 Å². The van der Waals surface area contributed by atoms with Crippen molar-refractivity contribution >= 4 is 29.3 Å². The van der Waals surface area contributed by atoms with Gasteiger partial charge in [-0.3, -0.25) is 19.5 Å². The Labute approximate surface area is 176 Å². The van der Waals surface area contributed by atoms with Crippen LogP contribution in [0.4, 0.5) is 5.69 Å². The minimum Gasteiger partial charge on any atom is -0.339 e. The Bertz CT molecular complexity index is 805. The van der Waals surface area contributed by atoms with Gasteiger partial charge in [-0.05, 0) is 43.7 Å². The van der Waals surface area contributed by atoms with Crippen LogP contribution in [-0.4, -0.2) is 63.8 Å². The highest BCUT2D eigenvalue weighted by atomic mass is 32.2. The Balaban J connectivity index is 1.38. The topological polar surface area (TPSA) is 65.5 Å². The lowest BCUT2D eigenvalue weighted by Gasteiger charge is -2.35. The molecule has 3 rings (SSSR count). The first-order valence-electron chi connectivity index (χ1n) is 9.89. The number of pyridine rings is 1. The van der Waals surface area contributed by atoms with Crippen LogP contribution in [0.3, 0.4) is 0 Å². The lowest BCUT2D eigenvalue weighted by molar-refractivity contribution is -0.132. The summed E-state index contributed by atoms with van der Waals surface area (Å²) in [6.07, 6.45) is 3.62. The number of thioether (sulfide) groups is 1. The van der Waals surface area contributed by atoms with Crippen LogP contribution < -0.4 is 5.32 Å². The maximum Gasteiger partial charge on any atom is 0.235 e. The van der Waals surface area contributed by atoms with Crippen molar-refractivity contribution in [2.45, 2.75) is 25.6 Å². The van der Waals surface area contributed by atoms with Crippen molar-refractivity contribution in [3.63, 3.8) is 0 Å². The van der Waals surface area contributed by atoms with Gasteiger partial charge in [-0.1, -0.05) is 17.7 Å². The van der Waals surface area contributed by atoms with Crippen LogP contribution in [0.25, 0.3) is 0 Å². The molecular weight excluding hydrogens is 384 g/mol. The predicted octanol–water partition coefficient (Wildman–Crippen LogP) is 2.79. The van der Waals surface area contributed by atoms with E-state index in [0.717, 1.165) is 44.0 Å². The van der Waals surface area contributed by atoms with Gasteiger partial charge in [0.05, 0.1) is 11.0 Å². The molecule has 1 N–H and O–H groups in total. The van der Waals surface area contributed by atoms with Gasteiger partial charge in [0.25, 0.3) is 0 Å². The van der Waals surface area contributed by atoms with Crippen LogP contribution in [0, 0.1) is 6.92 Å². The summed E-state index contributed by atoms with van der Waals surface area (Å²) in [5.41, 5.74) is 3.17. The molecule has 29 heavy (non-hydrogen) atoms. The fourth-order valence-electron chi connectivity index (χ4n) is 3.24. The monoisotopic (exact) mass is 412 g/mol. The fourth-order valence-corrected chi connectivity index (χ4v) is 4.00. The third-order valence-electron chi connectivity index (χ3n) is 4.99. The van der Waals surface area contributed by atoms with Gasteiger partial charge in [-0.25, -0.2) is 0 Å². The van der Waals surface area contributed by atoms with E-state index in [1.165, 1.54) is 17.3 Å². The highest BCUT2D eigenvalue weighted by Crippen LogP contribution is 2.17. The first-order valence-corrected chi connectivity index (χ1v) is 10.9. The standard InChI is InChI=1S/C22H28N4O2S/c1-17-3-5-20(6-4-17)24-21(27)16-29-18(2)22(28)26-13-11-25(12-14-26)15-19-7-9-23-10-8-19/h3-10,18H,11-16H2,1-2H3,(H,24,27)/t18-/m1/s1. The van der Waals surface area contributed by atoms with Crippen LogP contribution in [0.5, 0.6) is 0 Å². The number of nitrogens with one attached hydrogen (secondary N) is 1. The van der Waals surface area contributed by atoms with Crippen LogP contribution in [-0.2, 0) is 16.1 Å². The number of hydrogen-bond acceptors (Lipinski definition) is 5. The van der Waals surface area contributed by atoms with Crippen molar-refractivity contribution in [3.05, 3.63) is 59.9 Å². The van der Waals surface area contributed by atoms with Crippen LogP contribution in [0.2, 0.25) is 0 Å². The number of nitrogens with zero attached hydrogens (tertiary/aromatic N) is 3. The Hall–Kier alpha value is -2.38. The molecular formula is C22H28N4O2S. The first kappa shape index (κ1) is 21.3. The zero-order chi connectivity index (χ0) is 20.6. The normalized spacial score (nSPS) is 15.7. The van der Waals surface area contributed by atoms with Crippen LogP contribution in [0.15, 0.2) is 48.8 Å². The summed E-state index contributed by atoms with van der Waals surface area (Å²) in [7, 11) is 0. The summed E-state index contributed by atoms with van der Waals surface area (Å²) in [6.45, 7) is 7.95. The molecule has 1 aromatic heterocycles. The van der Waals surface area contributed by atoms with Crippen molar-refractivity contribution in [1.29, 1.82) is 0 Å². The quantitative estimate of drug-likeness (QED) is 0.758. The summed E-state index contributed by atoms with van der Waals surface area (Å²) >= 11 is 1.39. The number of benzene rings is 1. The molecule has 6 nitrogen and oxygen atoms in total. The van der Waals surface area contributed by atoms with Gasteiger partial charge in [-0.15, -0.1) is 11.8 Å². The number of aromatic nitrogens is 1. The molecule has 7 heteroatoms. The fraction of sp³-hybridized carbons (Fsp3) is 0.409. The van der Waals surface area contributed by atoms with Gasteiger partial charge in [-0.2, -0.15) is 0 Å². The molecule has 154 valence electrons. The van der Waals surface area contributed by atoms with E-state index in [4.69, 9.17) is 0 Å². The van der Waals surface area contributed by atoms with E-state index < -0.39 is 0 Å². The molecule has 1 aliphatic heterocycles. The van der Waals surface area contributed by atoms with Crippen molar-refractivity contribution in [2.75, 3.05) is 37.2 Å². The predicted molar refractivity (Wildman–Crippen MR) is 118 cm³/mol. The second kappa shape index (κ2) is 10.4. The molecule has 2 aromatic rings. The molecule has 2 heterocycles. The zero-order valence-electron chi connectivity index (χ0n) is 17.0. The number of hydrogen-bond donors (Lipinski definition) is 1. The minimum absolute atomic E-state index is 0.0827. The van der Waals surface area contributed by atoms with Crippen molar-refractivity contribution in [1.82, 2.24) is 14.8 Å². The highest BCUT2D eigenvalue weighted by Gasteiger charge is 2.25. The molecule has 1 aromatic carbocycles. The molecule has 2 amide bonds. The molecule has 1 aliphatic rings. The number of aryl methyl sites for hydroxylation is 1. The van der Waals surface area contributed by atoms with Gasteiger partial charge in [0, 0.05) is 50.8 Å². The zero-order valence-corrected chi connectivity index (χ0v) is 17.8. The number of piperazine rings is 1. The largest absolute Gasteiger partial charge is 0.339 e. The number of anilines is 1. The number of carbonyl (C=O) groups is 2. The Kier molecular flexibility index (Phi) is 7.66. The van der Waals surface area contributed by atoms with Crippen molar-refractivity contribution < 1.29 is 9.59 Å². The Morgan fingerprint density at radius 3 is 2.38 bits per heavy atom. The van der Waals surface area contributed by atoms with Crippen LogP contribution in [0.1, 0.15) is 18.1 Å². The summed E-state index contributed by atoms with van der Waals surface area (Å²) in [5, 5.41) is 2.65. The van der Waals surface area contributed by atoms with E-state index in [1.54, 1.807) is 0 Å². The van der Waals surface area contributed by atoms with Gasteiger partial charge in [0.2, 0.25) is 11.8 Å². The lowest BCUT2D eigenvalue weighted by Crippen LogP contribution is -2.50. The number of rotatable bonds is 7. The Morgan fingerprint density at radius 1 is 1.07 bits per heavy atom. The molecule has 0 unspecified atom stereocenters. The molecule has 1 fully saturated rings. The van der Waals surface area contributed by atoms with Crippen LogP contribution >= 0.6 is 11.8 Å². The average molecular weight is 413 g/mol. The third-order valence-corrected chi connectivity index (χ3v) is 6.12. The molecule has 0 spiro atoms. The molecule has 0 radical (unpaired) electrons. The average Bonchev–Trinajstić information content (AvgIpc) is 2.74. The maximum atomic E-state index is 12.7. The van der Waals surface area contributed by atoms with Gasteiger partial charge in [0.15, 0.2) is 0 Å². The minimum atomic E-state index is -0.231. The molecule has 0 saturated carbocycles. The first-order chi connectivity index (χ1) is 14.0. The summed E-state index contributed by atoms with van der Waals surface area (Å²) < 4.78 is 0.